The van der Waals surface area contributed by atoms with Gasteiger partial charge in [0.25, 0.3) is 0 Å². The zero-order valence-corrected chi connectivity index (χ0v) is 12.9. The lowest BCUT2D eigenvalue weighted by Gasteiger charge is -2.29. The first-order valence-corrected chi connectivity index (χ1v) is 8.13. The fraction of sp³-hybridized carbons (Fsp3) is 1.00. The summed E-state index contributed by atoms with van der Waals surface area (Å²) in [6.45, 7) is 7.75. The van der Waals surface area contributed by atoms with Gasteiger partial charge in [0.15, 0.2) is 6.29 Å². The summed E-state index contributed by atoms with van der Waals surface area (Å²) in [6, 6.07) is 0. The van der Waals surface area contributed by atoms with Crippen molar-refractivity contribution >= 4 is 9.05 Å². The fourth-order valence-corrected chi connectivity index (χ4v) is 3.20. The molecule has 0 fully saturated rings. The van der Waals surface area contributed by atoms with Gasteiger partial charge in [0.2, 0.25) is 0 Å². The van der Waals surface area contributed by atoms with E-state index in [0.29, 0.717) is 32.8 Å². The summed E-state index contributed by atoms with van der Waals surface area (Å²) in [6.07, 6.45) is 1.11. The molecule has 1 unspecified atom stereocenters. The van der Waals surface area contributed by atoms with Gasteiger partial charge < -0.3 is 28.2 Å². The summed E-state index contributed by atoms with van der Waals surface area (Å²) < 4.78 is 27.7. The van der Waals surface area contributed by atoms with Crippen LogP contribution >= 0.6 is 0 Å². The van der Waals surface area contributed by atoms with E-state index in [-0.39, 0.29) is 0 Å². The Labute approximate surface area is 111 Å². The van der Waals surface area contributed by atoms with Crippen LogP contribution in [0, 0.1) is 0 Å². The van der Waals surface area contributed by atoms with Crippen molar-refractivity contribution in [2.24, 2.45) is 5.73 Å². The highest BCUT2D eigenvalue weighted by Gasteiger charge is 2.46. The maximum absolute atomic E-state index is 5.81. The summed E-state index contributed by atoms with van der Waals surface area (Å²) in [7, 11) is -1.55. The Hall–Kier alpha value is -0.0231. The quantitative estimate of drug-likeness (QED) is 0.429. The normalized spacial score (nSPS) is 13.8. The summed E-state index contributed by atoms with van der Waals surface area (Å²) in [5, 5.41) is 0. The molecule has 0 heterocycles. The first-order valence-electron chi connectivity index (χ1n) is 6.50. The van der Waals surface area contributed by atoms with Crippen molar-refractivity contribution in [1.82, 2.24) is 0 Å². The molecule has 1 atom stereocenters. The molecule has 2 N–H and O–H groups in total. The molecule has 0 amide bonds. The van der Waals surface area contributed by atoms with Gasteiger partial charge in [0.05, 0.1) is 0 Å². The van der Waals surface area contributed by atoms with Crippen molar-refractivity contribution in [2.75, 3.05) is 33.5 Å². The molecule has 0 aromatic carbocycles. The molecular weight excluding hydrogens is 254 g/mol. The molecule has 0 bridgehead atoms. The highest BCUT2D eigenvalue weighted by molar-refractivity contribution is 6.53. The van der Waals surface area contributed by atoms with Crippen molar-refractivity contribution in [3.05, 3.63) is 0 Å². The van der Waals surface area contributed by atoms with Crippen LogP contribution in [0.4, 0.5) is 0 Å². The van der Waals surface area contributed by atoms with E-state index in [0.717, 1.165) is 6.42 Å². The molecule has 0 spiro atoms. The fourth-order valence-electron chi connectivity index (χ4n) is 1.44. The minimum Gasteiger partial charge on any atom is -0.355 e. The van der Waals surface area contributed by atoms with Crippen molar-refractivity contribution in [3.8, 4) is 0 Å². The van der Waals surface area contributed by atoms with E-state index < -0.39 is 15.3 Å². The Bertz CT molecular complexity index is 190. The molecule has 0 aliphatic carbocycles. The molecule has 0 radical (unpaired) electrons. The average molecular weight is 281 g/mol. The third kappa shape index (κ3) is 6.79. The van der Waals surface area contributed by atoms with E-state index in [4.69, 9.17) is 28.2 Å². The zero-order chi connectivity index (χ0) is 13.9. The van der Waals surface area contributed by atoms with Gasteiger partial charge in [-0.2, -0.15) is 0 Å². The maximum atomic E-state index is 5.81. The van der Waals surface area contributed by atoms with Gasteiger partial charge in [-0.3, -0.25) is 0 Å². The lowest BCUT2D eigenvalue weighted by molar-refractivity contribution is -0.146. The van der Waals surface area contributed by atoms with Crippen LogP contribution < -0.4 is 5.73 Å². The largest absolute Gasteiger partial charge is 0.681 e. The molecule has 18 heavy (non-hydrogen) atoms. The molecule has 0 aromatic rings. The van der Waals surface area contributed by atoms with Gasteiger partial charge in [-0.05, 0) is 40.2 Å². The Morgan fingerprint density at radius 2 is 1.67 bits per heavy atom. The van der Waals surface area contributed by atoms with Gasteiger partial charge in [-0.1, -0.05) is 0 Å². The SMILES string of the molecule is CCOC(CCCN)O[Si](OC)(OCC)OCC. The molecule has 0 saturated heterocycles. The van der Waals surface area contributed by atoms with Crippen molar-refractivity contribution < 1.29 is 22.4 Å². The first kappa shape index (κ1) is 18.0. The predicted molar refractivity (Wildman–Crippen MR) is 70.8 cm³/mol. The predicted octanol–water partition coefficient (Wildman–Crippen LogP) is 1.26. The Morgan fingerprint density at radius 1 is 1.06 bits per heavy atom. The van der Waals surface area contributed by atoms with E-state index in [1.807, 2.05) is 20.8 Å². The Kier molecular flexibility index (Phi) is 10.8. The van der Waals surface area contributed by atoms with E-state index in [9.17, 15) is 0 Å². The van der Waals surface area contributed by atoms with Crippen LogP contribution in [0.25, 0.3) is 0 Å². The van der Waals surface area contributed by atoms with Crippen LogP contribution in [0.15, 0.2) is 0 Å². The molecular formula is C11H27NO5Si. The standard InChI is InChI=1S/C11H27NO5Si/c1-5-14-11(9-8-10-12)17-18(13-4,15-6-2)16-7-3/h11H,5-10,12H2,1-4H3. The molecule has 0 aliphatic heterocycles. The number of nitrogens with two attached hydrogens (primary N) is 1. The lowest BCUT2D eigenvalue weighted by Crippen LogP contribution is -2.51. The Balaban J connectivity index is 4.54. The summed E-state index contributed by atoms with van der Waals surface area (Å²) in [5.74, 6) is 0. The van der Waals surface area contributed by atoms with E-state index >= 15 is 0 Å². The number of hydrogen-bond donors (Lipinski definition) is 1. The third-order valence-corrected chi connectivity index (χ3v) is 4.50. The van der Waals surface area contributed by atoms with Gasteiger partial charge in [0.1, 0.15) is 0 Å². The van der Waals surface area contributed by atoms with Crippen LogP contribution in [0.1, 0.15) is 33.6 Å². The third-order valence-electron chi connectivity index (χ3n) is 2.16. The second-order valence-electron chi connectivity index (χ2n) is 3.50. The molecule has 0 aliphatic rings. The summed E-state index contributed by atoms with van der Waals surface area (Å²) in [4.78, 5) is 0. The zero-order valence-electron chi connectivity index (χ0n) is 11.9. The van der Waals surface area contributed by atoms with Gasteiger partial charge in [0, 0.05) is 26.9 Å². The van der Waals surface area contributed by atoms with Crippen LogP contribution in [-0.2, 0) is 22.4 Å². The number of hydrogen-bond acceptors (Lipinski definition) is 6. The van der Waals surface area contributed by atoms with Crippen molar-refractivity contribution in [2.45, 2.75) is 39.9 Å². The van der Waals surface area contributed by atoms with E-state index in [2.05, 4.69) is 0 Å². The summed E-state index contributed by atoms with van der Waals surface area (Å²) >= 11 is 0. The van der Waals surface area contributed by atoms with Gasteiger partial charge in [-0.15, -0.1) is 0 Å². The van der Waals surface area contributed by atoms with E-state index in [1.165, 1.54) is 7.11 Å². The number of ether oxygens (including phenoxy) is 1. The monoisotopic (exact) mass is 281 g/mol. The molecule has 110 valence electrons. The summed E-state index contributed by atoms with van der Waals surface area (Å²) in [5.41, 5.74) is 5.49. The minimum atomic E-state index is -3.09. The second-order valence-corrected chi connectivity index (χ2v) is 5.73. The molecule has 0 rings (SSSR count). The highest BCUT2D eigenvalue weighted by Crippen LogP contribution is 2.17. The highest BCUT2D eigenvalue weighted by atomic mass is 28.4. The topological polar surface area (TPSA) is 72.2 Å². The van der Waals surface area contributed by atoms with Crippen molar-refractivity contribution in [3.63, 3.8) is 0 Å². The second kappa shape index (κ2) is 10.9. The molecule has 6 nitrogen and oxygen atoms in total. The van der Waals surface area contributed by atoms with E-state index in [1.54, 1.807) is 0 Å². The molecule has 0 aromatic heterocycles. The van der Waals surface area contributed by atoms with Gasteiger partial charge >= 0.3 is 9.05 Å². The molecule has 0 saturated carbocycles. The number of rotatable bonds is 12. The smallest absolute Gasteiger partial charge is 0.355 e. The lowest BCUT2D eigenvalue weighted by atomic mass is 10.3. The van der Waals surface area contributed by atoms with Gasteiger partial charge in [-0.25, -0.2) is 0 Å². The minimum absolute atomic E-state index is 0.400. The van der Waals surface area contributed by atoms with Crippen molar-refractivity contribution in [1.29, 1.82) is 0 Å². The average Bonchev–Trinajstić information content (AvgIpc) is 2.36. The maximum Gasteiger partial charge on any atom is 0.681 e. The van der Waals surface area contributed by atoms with Crippen LogP contribution in [-0.4, -0.2) is 48.8 Å². The van der Waals surface area contributed by atoms with Crippen LogP contribution in [0.2, 0.25) is 0 Å². The van der Waals surface area contributed by atoms with Crippen LogP contribution in [0.5, 0.6) is 0 Å². The first-order chi connectivity index (χ1) is 8.67. The van der Waals surface area contributed by atoms with Crippen LogP contribution in [0.3, 0.4) is 0 Å². The Morgan fingerprint density at radius 3 is 2.06 bits per heavy atom. The molecule has 7 heteroatoms.